The number of benzene rings is 2. The van der Waals surface area contributed by atoms with Crippen LogP contribution in [-0.4, -0.2) is 12.5 Å². The predicted octanol–water partition coefficient (Wildman–Crippen LogP) is 4.44. The van der Waals surface area contributed by atoms with Crippen molar-refractivity contribution in [2.24, 2.45) is 5.92 Å². The van der Waals surface area contributed by atoms with E-state index >= 15 is 0 Å². The van der Waals surface area contributed by atoms with E-state index in [1.165, 1.54) is 5.56 Å². The molecule has 2 aromatic carbocycles. The van der Waals surface area contributed by atoms with E-state index in [1.807, 2.05) is 42.5 Å². The molecule has 2 nitrogen and oxygen atoms in total. The van der Waals surface area contributed by atoms with E-state index in [-0.39, 0.29) is 5.91 Å². The number of carbonyl (C=O) groups excluding carboxylic acids is 1. The number of rotatable bonds is 6. The average molecular weight is 316 g/mol. The Morgan fingerprint density at radius 3 is 2.27 bits per heavy atom. The minimum absolute atomic E-state index is 0.0453. The third kappa shape index (κ3) is 4.88. The summed E-state index contributed by atoms with van der Waals surface area (Å²) in [6, 6.07) is 17.7. The molecule has 0 aliphatic heterocycles. The summed E-state index contributed by atoms with van der Waals surface area (Å²) in [5, 5.41) is 3.74. The van der Waals surface area contributed by atoms with Gasteiger partial charge in [0.1, 0.15) is 0 Å². The molecule has 0 heterocycles. The quantitative estimate of drug-likeness (QED) is 0.839. The first-order valence-corrected chi connectivity index (χ1v) is 8.00. The highest BCUT2D eigenvalue weighted by atomic mass is 35.5. The molecule has 0 saturated heterocycles. The lowest BCUT2D eigenvalue weighted by atomic mass is 9.88. The Morgan fingerprint density at radius 1 is 1.05 bits per heavy atom. The van der Waals surface area contributed by atoms with Crippen molar-refractivity contribution >= 4 is 17.5 Å². The maximum absolute atomic E-state index is 12.1. The predicted molar refractivity (Wildman–Crippen MR) is 92.2 cm³/mol. The van der Waals surface area contributed by atoms with Crippen molar-refractivity contribution in [2.75, 3.05) is 6.54 Å². The fourth-order valence-corrected chi connectivity index (χ4v) is 2.64. The van der Waals surface area contributed by atoms with Gasteiger partial charge in [-0.1, -0.05) is 67.9 Å². The summed E-state index contributed by atoms with van der Waals surface area (Å²) in [6.07, 6.45) is 0.386. The maximum atomic E-state index is 12.1. The number of carbonyl (C=O) groups is 1. The normalized spacial score (nSPS) is 12.2. The standard InChI is InChI=1S/C19H22ClNO/c1-14(2)18(16-6-4-3-5-7-16)13-21-19(22)12-15-8-10-17(20)11-9-15/h3-11,14,18H,12-13H2,1-2H3,(H,21,22). The zero-order valence-corrected chi connectivity index (χ0v) is 13.8. The molecule has 2 rings (SSSR count). The van der Waals surface area contributed by atoms with E-state index in [0.29, 0.717) is 29.8 Å². The molecule has 1 N–H and O–H groups in total. The number of hydrogen-bond acceptors (Lipinski definition) is 1. The summed E-state index contributed by atoms with van der Waals surface area (Å²) in [4.78, 5) is 12.1. The zero-order valence-electron chi connectivity index (χ0n) is 13.1. The SMILES string of the molecule is CC(C)C(CNC(=O)Cc1ccc(Cl)cc1)c1ccccc1. The largest absolute Gasteiger partial charge is 0.355 e. The molecule has 0 aromatic heterocycles. The third-order valence-electron chi connectivity index (χ3n) is 3.83. The molecular weight excluding hydrogens is 294 g/mol. The lowest BCUT2D eigenvalue weighted by Crippen LogP contribution is -2.31. The smallest absolute Gasteiger partial charge is 0.224 e. The molecule has 0 fully saturated rings. The van der Waals surface area contributed by atoms with Gasteiger partial charge in [0.05, 0.1) is 6.42 Å². The summed E-state index contributed by atoms with van der Waals surface area (Å²) in [5.41, 5.74) is 2.24. The van der Waals surface area contributed by atoms with Crippen LogP contribution in [0.4, 0.5) is 0 Å². The Labute approximate surface area is 137 Å². The van der Waals surface area contributed by atoms with Crippen LogP contribution in [0.25, 0.3) is 0 Å². The van der Waals surface area contributed by atoms with Crippen LogP contribution in [0.15, 0.2) is 54.6 Å². The monoisotopic (exact) mass is 315 g/mol. The lowest BCUT2D eigenvalue weighted by Gasteiger charge is -2.22. The second kappa shape index (κ2) is 8.00. The van der Waals surface area contributed by atoms with Crippen LogP contribution < -0.4 is 5.32 Å². The van der Waals surface area contributed by atoms with E-state index < -0.39 is 0 Å². The van der Waals surface area contributed by atoms with Gasteiger partial charge >= 0.3 is 0 Å². The van der Waals surface area contributed by atoms with Crippen LogP contribution in [0.5, 0.6) is 0 Å². The molecule has 0 radical (unpaired) electrons. The van der Waals surface area contributed by atoms with Gasteiger partial charge in [0.2, 0.25) is 5.91 Å². The van der Waals surface area contributed by atoms with E-state index in [4.69, 9.17) is 11.6 Å². The second-order valence-corrected chi connectivity index (χ2v) is 6.30. The first kappa shape index (κ1) is 16.6. The number of hydrogen-bond donors (Lipinski definition) is 1. The number of nitrogens with one attached hydrogen (secondary N) is 1. The molecule has 1 atom stereocenters. The van der Waals surface area contributed by atoms with Gasteiger partial charge in [-0.25, -0.2) is 0 Å². The fraction of sp³-hybridized carbons (Fsp3) is 0.316. The maximum Gasteiger partial charge on any atom is 0.224 e. The third-order valence-corrected chi connectivity index (χ3v) is 4.08. The second-order valence-electron chi connectivity index (χ2n) is 5.87. The molecule has 0 saturated carbocycles. The van der Waals surface area contributed by atoms with Gasteiger partial charge in [-0.15, -0.1) is 0 Å². The van der Waals surface area contributed by atoms with Crippen molar-refractivity contribution < 1.29 is 4.79 Å². The molecule has 22 heavy (non-hydrogen) atoms. The highest BCUT2D eigenvalue weighted by Gasteiger charge is 2.16. The Hall–Kier alpha value is -1.80. The molecule has 116 valence electrons. The minimum Gasteiger partial charge on any atom is -0.355 e. The molecule has 0 spiro atoms. The molecule has 3 heteroatoms. The molecular formula is C19H22ClNO. The highest BCUT2D eigenvalue weighted by Crippen LogP contribution is 2.23. The highest BCUT2D eigenvalue weighted by molar-refractivity contribution is 6.30. The van der Waals surface area contributed by atoms with Crippen molar-refractivity contribution in [3.05, 3.63) is 70.7 Å². The van der Waals surface area contributed by atoms with Gasteiger partial charge in [0.15, 0.2) is 0 Å². The van der Waals surface area contributed by atoms with Crippen molar-refractivity contribution in [1.29, 1.82) is 0 Å². The fourth-order valence-electron chi connectivity index (χ4n) is 2.51. The molecule has 1 unspecified atom stereocenters. The Bertz CT molecular complexity index is 593. The van der Waals surface area contributed by atoms with Crippen LogP contribution in [0.1, 0.15) is 30.9 Å². The summed E-state index contributed by atoms with van der Waals surface area (Å²) in [6.45, 7) is 5.03. The van der Waals surface area contributed by atoms with Crippen molar-refractivity contribution in [2.45, 2.75) is 26.2 Å². The van der Waals surface area contributed by atoms with E-state index in [2.05, 4.69) is 31.3 Å². The van der Waals surface area contributed by atoms with E-state index in [9.17, 15) is 4.79 Å². The van der Waals surface area contributed by atoms with E-state index in [1.54, 1.807) is 0 Å². The van der Waals surface area contributed by atoms with Gasteiger partial charge in [0.25, 0.3) is 0 Å². The first-order valence-electron chi connectivity index (χ1n) is 7.62. The summed E-state index contributed by atoms with van der Waals surface area (Å²) in [7, 11) is 0. The molecule has 0 aliphatic carbocycles. The molecule has 0 aliphatic rings. The average Bonchev–Trinajstić information content (AvgIpc) is 2.50. The van der Waals surface area contributed by atoms with Crippen LogP contribution in [0.2, 0.25) is 5.02 Å². The Balaban J connectivity index is 1.92. The van der Waals surface area contributed by atoms with Gasteiger partial charge < -0.3 is 5.32 Å². The Morgan fingerprint density at radius 2 is 1.68 bits per heavy atom. The Kier molecular flexibility index (Phi) is 6.02. The number of halogens is 1. The first-order chi connectivity index (χ1) is 10.6. The van der Waals surface area contributed by atoms with Crippen molar-refractivity contribution in [1.82, 2.24) is 5.32 Å². The summed E-state index contributed by atoms with van der Waals surface area (Å²) in [5.74, 6) is 0.845. The molecule has 0 bridgehead atoms. The van der Waals surface area contributed by atoms with Crippen molar-refractivity contribution in [3.8, 4) is 0 Å². The van der Waals surface area contributed by atoms with E-state index in [0.717, 1.165) is 5.56 Å². The van der Waals surface area contributed by atoms with Gasteiger partial charge in [-0.05, 0) is 29.2 Å². The summed E-state index contributed by atoms with van der Waals surface area (Å²) < 4.78 is 0. The summed E-state index contributed by atoms with van der Waals surface area (Å²) >= 11 is 5.85. The van der Waals surface area contributed by atoms with Gasteiger partial charge in [-0.2, -0.15) is 0 Å². The van der Waals surface area contributed by atoms with Crippen LogP contribution in [0, 0.1) is 5.92 Å². The lowest BCUT2D eigenvalue weighted by molar-refractivity contribution is -0.120. The van der Waals surface area contributed by atoms with Crippen molar-refractivity contribution in [3.63, 3.8) is 0 Å². The number of amides is 1. The van der Waals surface area contributed by atoms with Crippen LogP contribution in [-0.2, 0) is 11.2 Å². The minimum atomic E-state index is 0.0453. The molecule has 2 aromatic rings. The van der Waals surface area contributed by atoms with Crippen LogP contribution >= 0.6 is 11.6 Å². The topological polar surface area (TPSA) is 29.1 Å². The molecule has 1 amide bonds. The van der Waals surface area contributed by atoms with Crippen LogP contribution in [0.3, 0.4) is 0 Å². The van der Waals surface area contributed by atoms with Gasteiger partial charge in [-0.3, -0.25) is 4.79 Å². The van der Waals surface area contributed by atoms with Gasteiger partial charge in [0, 0.05) is 17.5 Å². The zero-order chi connectivity index (χ0) is 15.9.